The molecule has 2 aromatic carbocycles. The van der Waals surface area contributed by atoms with Crippen LogP contribution in [0.25, 0.3) is 0 Å². The lowest BCUT2D eigenvalue weighted by atomic mass is 9.89. The number of hydrogen-bond acceptors (Lipinski definition) is 5. The molecule has 1 aliphatic rings. The Balaban J connectivity index is 1.87. The smallest absolute Gasteiger partial charge is 0.255 e. The molecule has 0 radical (unpaired) electrons. The molecule has 0 saturated carbocycles. The van der Waals surface area contributed by atoms with Crippen LogP contribution in [0.3, 0.4) is 0 Å². The molecule has 1 unspecified atom stereocenters. The van der Waals surface area contributed by atoms with Crippen LogP contribution >= 0.6 is 0 Å². The summed E-state index contributed by atoms with van der Waals surface area (Å²) in [4.78, 5) is 17.7. The van der Waals surface area contributed by atoms with Crippen LogP contribution in [0.1, 0.15) is 29.2 Å². The number of hydrogen-bond donors (Lipinski definition) is 1. The lowest BCUT2D eigenvalue weighted by molar-refractivity contribution is -0.120. The standard InChI is InChI=1S/C22H16N4O2/c23-14-15-7-1-3-10-20(15)26-22(28)17(16-8-2-4-11-21(16)27)13-19(25-26)18-9-5-6-12-24-18/h1-12,17,27H,13H2. The van der Waals surface area contributed by atoms with Gasteiger partial charge < -0.3 is 5.11 Å². The van der Waals surface area contributed by atoms with Crippen molar-refractivity contribution in [3.05, 3.63) is 89.7 Å². The Kier molecular flexibility index (Phi) is 4.56. The van der Waals surface area contributed by atoms with Gasteiger partial charge in [0.2, 0.25) is 0 Å². The number of benzene rings is 2. The predicted octanol–water partition coefficient (Wildman–Crippen LogP) is 3.58. The number of rotatable bonds is 3. The molecule has 3 aromatic rings. The van der Waals surface area contributed by atoms with Crippen molar-refractivity contribution >= 4 is 17.3 Å². The number of anilines is 1. The van der Waals surface area contributed by atoms with Gasteiger partial charge in [0.05, 0.1) is 28.6 Å². The summed E-state index contributed by atoms with van der Waals surface area (Å²) in [5, 5.41) is 25.5. The number of amides is 1. The van der Waals surface area contributed by atoms with Crippen molar-refractivity contribution in [2.45, 2.75) is 12.3 Å². The van der Waals surface area contributed by atoms with Gasteiger partial charge in [0.25, 0.3) is 5.91 Å². The normalized spacial score (nSPS) is 16.4. The van der Waals surface area contributed by atoms with Gasteiger partial charge in [-0.3, -0.25) is 9.78 Å². The van der Waals surface area contributed by atoms with Gasteiger partial charge in [-0.1, -0.05) is 36.4 Å². The second kappa shape index (κ2) is 7.33. The van der Waals surface area contributed by atoms with E-state index in [1.807, 2.05) is 12.1 Å². The number of para-hydroxylation sites is 2. The number of phenolic OH excluding ortho intramolecular Hbond substituents is 1. The summed E-state index contributed by atoms with van der Waals surface area (Å²) >= 11 is 0. The minimum Gasteiger partial charge on any atom is -0.508 e. The lowest BCUT2D eigenvalue weighted by Gasteiger charge is -2.30. The zero-order valence-electron chi connectivity index (χ0n) is 14.9. The third-order valence-corrected chi connectivity index (χ3v) is 4.65. The Hall–Kier alpha value is -3.98. The first-order valence-corrected chi connectivity index (χ1v) is 8.79. The van der Waals surface area contributed by atoms with Crippen LogP contribution in [0.15, 0.2) is 78.0 Å². The molecule has 1 aromatic heterocycles. The van der Waals surface area contributed by atoms with E-state index in [0.29, 0.717) is 34.6 Å². The Morgan fingerprint density at radius 1 is 1.04 bits per heavy atom. The molecule has 0 fully saturated rings. The van der Waals surface area contributed by atoms with Crippen molar-refractivity contribution in [2.24, 2.45) is 5.10 Å². The Morgan fingerprint density at radius 3 is 2.54 bits per heavy atom. The molecule has 1 N–H and O–H groups in total. The largest absolute Gasteiger partial charge is 0.508 e. The van der Waals surface area contributed by atoms with Gasteiger partial charge in [-0.25, -0.2) is 0 Å². The maximum absolute atomic E-state index is 13.3. The molecule has 1 amide bonds. The van der Waals surface area contributed by atoms with E-state index in [1.165, 1.54) is 5.01 Å². The average Bonchev–Trinajstić information content (AvgIpc) is 2.75. The molecule has 6 heteroatoms. The van der Waals surface area contributed by atoms with Gasteiger partial charge in [-0.15, -0.1) is 0 Å². The van der Waals surface area contributed by atoms with E-state index in [1.54, 1.807) is 60.8 Å². The number of pyridine rings is 1. The number of aromatic nitrogens is 1. The fourth-order valence-corrected chi connectivity index (χ4v) is 3.28. The molecule has 0 aliphatic carbocycles. The van der Waals surface area contributed by atoms with Crippen molar-refractivity contribution in [3.8, 4) is 11.8 Å². The maximum Gasteiger partial charge on any atom is 0.255 e. The van der Waals surface area contributed by atoms with Gasteiger partial charge in [0, 0.05) is 18.2 Å². The summed E-state index contributed by atoms with van der Waals surface area (Å²) in [7, 11) is 0. The second-order valence-electron chi connectivity index (χ2n) is 6.36. The monoisotopic (exact) mass is 368 g/mol. The molecule has 136 valence electrons. The van der Waals surface area contributed by atoms with Crippen LogP contribution in [0.2, 0.25) is 0 Å². The van der Waals surface area contributed by atoms with Gasteiger partial charge >= 0.3 is 0 Å². The molecule has 4 rings (SSSR count). The van der Waals surface area contributed by atoms with Crippen molar-refractivity contribution in [2.75, 3.05) is 5.01 Å². The zero-order chi connectivity index (χ0) is 19.5. The lowest BCUT2D eigenvalue weighted by Crippen LogP contribution is -2.38. The minimum absolute atomic E-state index is 0.0524. The summed E-state index contributed by atoms with van der Waals surface area (Å²) in [5.74, 6) is -0.886. The van der Waals surface area contributed by atoms with Crippen LogP contribution < -0.4 is 5.01 Å². The third-order valence-electron chi connectivity index (χ3n) is 4.65. The van der Waals surface area contributed by atoms with Crippen molar-refractivity contribution < 1.29 is 9.90 Å². The van der Waals surface area contributed by atoms with Crippen LogP contribution in [0.4, 0.5) is 5.69 Å². The van der Waals surface area contributed by atoms with E-state index in [4.69, 9.17) is 0 Å². The minimum atomic E-state index is -0.637. The Bertz CT molecular complexity index is 1100. The van der Waals surface area contributed by atoms with Crippen molar-refractivity contribution in [1.29, 1.82) is 5.26 Å². The highest BCUT2D eigenvalue weighted by Gasteiger charge is 2.36. The van der Waals surface area contributed by atoms with Crippen LogP contribution in [0.5, 0.6) is 5.75 Å². The Labute approximate surface area is 162 Å². The highest BCUT2D eigenvalue weighted by Crippen LogP contribution is 2.36. The first kappa shape index (κ1) is 17.4. The summed E-state index contributed by atoms with van der Waals surface area (Å²) in [5.41, 5.74) is 2.53. The predicted molar refractivity (Wildman–Crippen MR) is 105 cm³/mol. The number of nitriles is 1. The van der Waals surface area contributed by atoms with Gasteiger partial charge in [-0.2, -0.15) is 15.4 Å². The van der Waals surface area contributed by atoms with E-state index in [2.05, 4.69) is 16.2 Å². The van der Waals surface area contributed by atoms with E-state index in [-0.39, 0.29) is 11.7 Å². The molecule has 28 heavy (non-hydrogen) atoms. The summed E-state index contributed by atoms with van der Waals surface area (Å²) in [6.07, 6.45) is 1.97. The van der Waals surface area contributed by atoms with Gasteiger partial charge in [0.1, 0.15) is 11.8 Å². The SMILES string of the molecule is N#Cc1ccccc1N1N=C(c2ccccn2)CC(c2ccccc2O)C1=O. The van der Waals surface area contributed by atoms with Gasteiger partial charge in [-0.05, 0) is 30.3 Å². The summed E-state index contributed by atoms with van der Waals surface area (Å²) < 4.78 is 0. The quantitative estimate of drug-likeness (QED) is 0.765. The topological polar surface area (TPSA) is 89.6 Å². The van der Waals surface area contributed by atoms with Crippen LogP contribution in [-0.2, 0) is 4.79 Å². The highest BCUT2D eigenvalue weighted by atomic mass is 16.3. The van der Waals surface area contributed by atoms with Crippen LogP contribution in [0, 0.1) is 11.3 Å². The van der Waals surface area contributed by atoms with Crippen molar-refractivity contribution in [3.63, 3.8) is 0 Å². The van der Waals surface area contributed by atoms with E-state index >= 15 is 0 Å². The number of aromatic hydroxyl groups is 1. The fourth-order valence-electron chi connectivity index (χ4n) is 3.28. The second-order valence-corrected chi connectivity index (χ2v) is 6.36. The number of phenols is 1. The molecular formula is C22H16N4O2. The first-order chi connectivity index (χ1) is 13.7. The molecule has 0 saturated heterocycles. The number of carbonyl (C=O) groups is 1. The zero-order valence-corrected chi connectivity index (χ0v) is 14.9. The average molecular weight is 368 g/mol. The summed E-state index contributed by atoms with van der Waals surface area (Å²) in [6.45, 7) is 0. The van der Waals surface area contributed by atoms with Gasteiger partial charge in [0.15, 0.2) is 0 Å². The highest BCUT2D eigenvalue weighted by molar-refractivity contribution is 6.11. The number of carbonyl (C=O) groups excluding carboxylic acids is 1. The summed E-state index contributed by atoms with van der Waals surface area (Å²) in [6, 6.07) is 21.2. The van der Waals surface area contributed by atoms with E-state index in [0.717, 1.165) is 0 Å². The van der Waals surface area contributed by atoms with Crippen LogP contribution in [-0.4, -0.2) is 21.7 Å². The Morgan fingerprint density at radius 2 is 1.79 bits per heavy atom. The third kappa shape index (κ3) is 3.10. The number of nitrogens with zero attached hydrogens (tertiary/aromatic N) is 4. The van der Waals surface area contributed by atoms with E-state index in [9.17, 15) is 15.2 Å². The molecule has 0 spiro atoms. The fraction of sp³-hybridized carbons (Fsp3) is 0.0909. The molecule has 0 bridgehead atoms. The first-order valence-electron chi connectivity index (χ1n) is 8.79. The van der Waals surface area contributed by atoms with E-state index < -0.39 is 5.92 Å². The molecule has 1 atom stereocenters. The molecule has 1 aliphatic heterocycles. The molecule has 2 heterocycles. The number of hydrazone groups is 1. The maximum atomic E-state index is 13.3. The molecule has 6 nitrogen and oxygen atoms in total. The molecular weight excluding hydrogens is 352 g/mol. The van der Waals surface area contributed by atoms with Crippen molar-refractivity contribution in [1.82, 2.24) is 4.98 Å².